The smallest absolute Gasteiger partial charge is 0.150 e. The molecule has 3 heteroatoms. The lowest BCUT2D eigenvalue weighted by molar-refractivity contribution is -0.0420. The highest BCUT2D eigenvalue weighted by Gasteiger charge is 2.37. The van der Waals surface area contributed by atoms with Gasteiger partial charge in [0, 0.05) is 16.8 Å². The molecule has 3 rings (SSSR count). The summed E-state index contributed by atoms with van der Waals surface area (Å²) in [7, 11) is 0. The first-order valence-corrected chi connectivity index (χ1v) is 6.52. The van der Waals surface area contributed by atoms with Gasteiger partial charge in [-0.15, -0.1) is 0 Å². The molecule has 1 fully saturated rings. The molecule has 1 heterocycles. The van der Waals surface area contributed by atoms with Crippen molar-refractivity contribution in [2.75, 3.05) is 0 Å². The Morgan fingerprint density at radius 2 is 2.00 bits per heavy atom. The Kier molecular flexibility index (Phi) is 3.53. The van der Waals surface area contributed by atoms with Crippen LogP contribution in [0.5, 0.6) is 0 Å². The minimum absolute atomic E-state index is 0.654. The van der Waals surface area contributed by atoms with Crippen molar-refractivity contribution >= 4 is 17.2 Å². The molecule has 1 aliphatic rings. The largest absolute Gasteiger partial charge is 0.384 e. The maximum absolute atomic E-state index is 10.7. The molecule has 2 aromatic rings. The molecule has 2 N–H and O–H groups in total. The highest BCUT2D eigenvalue weighted by molar-refractivity contribution is 5.87. The number of nitrogens with one attached hydrogen (secondary N) is 1. The van der Waals surface area contributed by atoms with Crippen molar-refractivity contribution in [3.63, 3.8) is 0 Å². The summed E-state index contributed by atoms with van der Waals surface area (Å²) >= 11 is 0. The molecule has 0 unspecified atom stereocenters. The van der Waals surface area contributed by atoms with Gasteiger partial charge in [0.05, 0.1) is 0 Å². The first-order chi connectivity index (χ1) is 8.71. The van der Waals surface area contributed by atoms with E-state index in [9.17, 15) is 9.90 Å². The molecular formula is C15H19NO2. The number of hydrogen-bond donors (Lipinski definition) is 2. The average Bonchev–Trinajstić information content (AvgIpc) is 2.81. The fraction of sp³-hybridized carbons (Fsp3) is 0.400. The molecule has 0 aliphatic heterocycles. The summed E-state index contributed by atoms with van der Waals surface area (Å²) < 4.78 is 0. The van der Waals surface area contributed by atoms with Gasteiger partial charge in [-0.2, -0.15) is 0 Å². The summed E-state index contributed by atoms with van der Waals surface area (Å²) in [5.74, 6) is 0. The summed E-state index contributed by atoms with van der Waals surface area (Å²) in [4.78, 5) is 13.9. The van der Waals surface area contributed by atoms with Crippen molar-refractivity contribution in [1.29, 1.82) is 0 Å². The minimum Gasteiger partial charge on any atom is -0.384 e. The number of aromatic nitrogens is 1. The van der Waals surface area contributed by atoms with E-state index in [1.165, 1.54) is 0 Å². The monoisotopic (exact) mass is 245 g/mol. The van der Waals surface area contributed by atoms with Crippen LogP contribution in [0, 0.1) is 0 Å². The van der Waals surface area contributed by atoms with E-state index < -0.39 is 5.60 Å². The number of rotatable bonds is 2. The summed E-state index contributed by atoms with van der Waals surface area (Å²) in [5, 5.41) is 11.3. The van der Waals surface area contributed by atoms with Gasteiger partial charge >= 0.3 is 0 Å². The molecule has 0 amide bonds. The van der Waals surface area contributed by atoms with Gasteiger partial charge in [-0.3, -0.25) is 4.79 Å². The maximum atomic E-state index is 10.7. The molecule has 18 heavy (non-hydrogen) atoms. The van der Waals surface area contributed by atoms with Gasteiger partial charge in [-0.25, -0.2) is 0 Å². The van der Waals surface area contributed by atoms with Crippen LogP contribution in [0.4, 0.5) is 0 Å². The lowest BCUT2D eigenvalue weighted by Gasteiger charge is -2.35. The van der Waals surface area contributed by atoms with Crippen molar-refractivity contribution in [3.05, 3.63) is 35.5 Å². The fourth-order valence-corrected chi connectivity index (χ4v) is 2.25. The maximum Gasteiger partial charge on any atom is 0.150 e. The Morgan fingerprint density at radius 3 is 2.56 bits per heavy atom. The second kappa shape index (κ2) is 4.94. The molecule has 0 radical (unpaired) electrons. The quantitative estimate of drug-likeness (QED) is 0.797. The van der Waals surface area contributed by atoms with Crippen LogP contribution < -0.4 is 0 Å². The first kappa shape index (κ1) is 12.8. The number of aldehydes is 1. The number of carbonyl (C=O) groups excluding carboxylic acids is 1. The van der Waals surface area contributed by atoms with Crippen molar-refractivity contribution in [3.8, 4) is 0 Å². The third-order valence-electron chi connectivity index (χ3n) is 3.46. The van der Waals surface area contributed by atoms with Gasteiger partial charge in [-0.1, -0.05) is 26.0 Å². The second-order valence-electron chi connectivity index (χ2n) is 4.53. The summed E-state index contributed by atoms with van der Waals surface area (Å²) in [6, 6.07) is 7.48. The number of benzene rings is 1. The first-order valence-electron chi connectivity index (χ1n) is 6.52. The molecule has 3 nitrogen and oxygen atoms in total. The fourth-order valence-electron chi connectivity index (χ4n) is 2.25. The van der Waals surface area contributed by atoms with Crippen LogP contribution in [0.2, 0.25) is 0 Å². The molecule has 1 aliphatic carbocycles. The standard InChI is InChI=1S/C13H13NO2.C2H6/c15-8-9-2-3-10-7-12(14-11(10)6-9)13(16)4-1-5-13;1-2/h2-3,6-8,14,16H,1,4-5H2;1-2H3. The van der Waals surface area contributed by atoms with Crippen LogP contribution >= 0.6 is 0 Å². The van der Waals surface area contributed by atoms with E-state index in [0.29, 0.717) is 5.56 Å². The SMILES string of the molecule is CC.O=Cc1ccc2cc(C3(O)CCC3)[nH]c2c1. The average molecular weight is 245 g/mol. The molecule has 0 atom stereocenters. The van der Waals surface area contributed by atoms with E-state index in [2.05, 4.69) is 4.98 Å². The summed E-state index contributed by atoms with van der Waals surface area (Å²) in [6.07, 6.45) is 3.55. The topological polar surface area (TPSA) is 53.1 Å². The lowest BCUT2D eigenvalue weighted by Crippen LogP contribution is -2.33. The second-order valence-corrected chi connectivity index (χ2v) is 4.53. The summed E-state index contributed by atoms with van der Waals surface area (Å²) in [5.41, 5.74) is 1.78. The van der Waals surface area contributed by atoms with Crippen LogP contribution in [0.1, 0.15) is 49.2 Å². The predicted octanol–water partition coefficient (Wildman–Crippen LogP) is 3.38. The van der Waals surface area contributed by atoms with E-state index in [4.69, 9.17) is 0 Å². The molecule has 0 saturated heterocycles. The third-order valence-corrected chi connectivity index (χ3v) is 3.46. The number of hydrogen-bond acceptors (Lipinski definition) is 2. The predicted molar refractivity (Wildman–Crippen MR) is 72.8 cm³/mol. The molecule has 1 aromatic heterocycles. The van der Waals surface area contributed by atoms with E-state index in [0.717, 1.165) is 42.1 Å². The molecule has 0 spiro atoms. The zero-order valence-electron chi connectivity index (χ0n) is 10.9. The normalized spacial score (nSPS) is 16.6. The Balaban J connectivity index is 0.000000574. The van der Waals surface area contributed by atoms with Crippen molar-refractivity contribution in [1.82, 2.24) is 4.98 Å². The molecule has 0 bridgehead atoms. The number of H-pyrrole nitrogens is 1. The molecule has 96 valence electrons. The van der Waals surface area contributed by atoms with Gasteiger partial charge < -0.3 is 10.1 Å². The third kappa shape index (κ3) is 2.06. The molecule has 1 aromatic carbocycles. The number of fused-ring (bicyclic) bond motifs is 1. The van der Waals surface area contributed by atoms with Crippen LogP contribution in [-0.4, -0.2) is 16.4 Å². The van der Waals surface area contributed by atoms with Crippen LogP contribution in [0.25, 0.3) is 10.9 Å². The Labute approximate surface area is 107 Å². The summed E-state index contributed by atoms with van der Waals surface area (Å²) in [6.45, 7) is 4.00. The van der Waals surface area contributed by atoms with Gasteiger partial charge in [-0.05, 0) is 36.8 Å². The zero-order valence-corrected chi connectivity index (χ0v) is 10.9. The van der Waals surface area contributed by atoms with Crippen molar-refractivity contribution in [2.45, 2.75) is 38.7 Å². The van der Waals surface area contributed by atoms with Gasteiger partial charge in [0.25, 0.3) is 0 Å². The van der Waals surface area contributed by atoms with E-state index in [-0.39, 0.29) is 0 Å². The highest BCUT2D eigenvalue weighted by Crippen LogP contribution is 2.41. The number of aromatic amines is 1. The van der Waals surface area contributed by atoms with Crippen molar-refractivity contribution < 1.29 is 9.90 Å². The zero-order chi connectivity index (χ0) is 13.2. The van der Waals surface area contributed by atoms with Crippen LogP contribution in [0.15, 0.2) is 24.3 Å². The van der Waals surface area contributed by atoms with Gasteiger partial charge in [0.15, 0.2) is 0 Å². The minimum atomic E-state index is -0.666. The lowest BCUT2D eigenvalue weighted by atomic mass is 9.78. The van der Waals surface area contributed by atoms with Gasteiger partial charge in [0.2, 0.25) is 0 Å². The van der Waals surface area contributed by atoms with Crippen molar-refractivity contribution in [2.24, 2.45) is 0 Å². The van der Waals surface area contributed by atoms with Crippen LogP contribution in [-0.2, 0) is 5.60 Å². The Morgan fingerprint density at radius 1 is 1.28 bits per heavy atom. The van der Waals surface area contributed by atoms with Crippen LogP contribution in [0.3, 0.4) is 0 Å². The molecular weight excluding hydrogens is 226 g/mol. The van der Waals surface area contributed by atoms with E-state index in [1.807, 2.05) is 32.0 Å². The van der Waals surface area contributed by atoms with E-state index in [1.54, 1.807) is 6.07 Å². The number of aliphatic hydroxyl groups is 1. The highest BCUT2D eigenvalue weighted by atomic mass is 16.3. The van der Waals surface area contributed by atoms with E-state index >= 15 is 0 Å². The number of carbonyl (C=O) groups is 1. The Bertz CT molecular complexity index is 553. The van der Waals surface area contributed by atoms with Gasteiger partial charge in [0.1, 0.15) is 11.9 Å². The Hall–Kier alpha value is -1.61. The molecule has 1 saturated carbocycles.